The van der Waals surface area contributed by atoms with E-state index in [0.29, 0.717) is 24.3 Å². The van der Waals surface area contributed by atoms with Gasteiger partial charge in [-0.3, -0.25) is 9.59 Å². The molecular formula is C23H32N4O4S. The minimum absolute atomic E-state index is 0.00853. The van der Waals surface area contributed by atoms with Gasteiger partial charge in [-0.1, -0.05) is 19.9 Å². The molecule has 3 N–H and O–H groups in total. The second-order valence-corrected chi connectivity index (χ2v) is 9.61. The fourth-order valence-corrected chi connectivity index (χ4v) is 4.68. The van der Waals surface area contributed by atoms with Gasteiger partial charge in [0.05, 0.1) is 11.4 Å². The number of nitrogens with one attached hydrogen (secondary N) is 3. The Labute approximate surface area is 190 Å². The zero-order valence-corrected chi connectivity index (χ0v) is 20.0. The van der Waals surface area contributed by atoms with Gasteiger partial charge in [-0.05, 0) is 62.7 Å². The van der Waals surface area contributed by atoms with Crippen molar-refractivity contribution in [1.29, 1.82) is 0 Å². The molecule has 0 fully saturated rings. The molecule has 2 amide bonds. The quantitative estimate of drug-likeness (QED) is 0.505. The highest BCUT2D eigenvalue weighted by atomic mass is 32.2. The third kappa shape index (κ3) is 6.54. The molecule has 0 atom stereocenters. The summed E-state index contributed by atoms with van der Waals surface area (Å²) < 4.78 is 26.7. The van der Waals surface area contributed by atoms with Crippen LogP contribution >= 0.6 is 0 Å². The zero-order chi connectivity index (χ0) is 23.9. The summed E-state index contributed by atoms with van der Waals surface area (Å²) in [6, 6.07) is 11.5. The number of benzene rings is 2. The van der Waals surface area contributed by atoms with Crippen LogP contribution in [-0.2, 0) is 14.8 Å². The van der Waals surface area contributed by atoms with Crippen molar-refractivity contribution in [2.24, 2.45) is 0 Å². The lowest BCUT2D eigenvalue weighted by Crippen LogP contribution is -2.30. The average Bonchev–Trinajstić information content (AvgIpc) is 2.73. The molecule has 0 radical (unpaired) electrons. The van der Waals surface area contributed by atoms with Crippen LogP contribution in [0.15, 0.2) is 47.4 Å². The summed E-state index contributed by atoms with van der Waals surface area (Å²) >= 11 is 0. The van der Waals surface area contributed by atoms with E-state index in [0.717, 1.165) is 11.3 Å². The molecule has 0 aromatic heterocycles. The predicted molar refractivity (Wildman–Crippen MR) is 127 cm³/mol. The fourth-order valence-electron chi connectivity index (χ4n) is 3.18. The number of sulfonamides is 1. The van der Waals surface area contributed by atoms with Crippen LogP contribution in [0, 0.1) is 6.92 Å². The molecule has 2 aromatic rings. The minimum Gasteiger partial charge on any atom is -0.376 e. The molecule has 0 unspecified atom stereocenters. The lowest BCUT2D eigenvalue weighted by Gasteiger charge is -2.19. The van der Waals surface area contributed by atoms with Gasteiger partial charge in [0.1, 0.15) is 0 Å². The Morgan fingerprint density at radius 1 is 1.03 bits per heavy atom. The molecule has 0 spiro atoms. The predicted octanol–water partition coefficient (Wildman–Crippen LogP) is 3.21. The Kier molecular flexibility index (Phi) is 8.80. The summed E-state index contributed by atoms with van der Waals surface area (Å²) in [7, 11) is -3.61. The van der Waals surface area contributed by atoms with Crippen molar-refractivity contribution in [2.75, 3.05) is 30.3 Å². The molecule has 0 bridgehead atoms. The normalized spacial score (nSPS) is 11.5. The van der Waals surface area contributed by atoms with Crippen molar-refractivity contribution in [3.63, 3.8) is 0 Å². The Hall–Kier alpha value is -2.91. The number of amides is 2. The Morgan fingerprint density at radius 3 is 2.31 bits per heavy atom. The first-order valence-electron chi connectivity index (χ1n) is 10.6. The van der Waals surface area contributed by atoms with Gasteiger partial charge in [-0.15, -0.1) is 0 Å². The second-order valence-electron chi connectivity index (χ2n) is 7.68. The van der Waals surface area contributed by atoms with Gasteiger partial charge in [-0.25, -0.2) is 8.42 Å². The molecule has 0 saturated heterocycles. The number of carbonyl (C=O) groups is 2. The number of carbonyl (C=O) groups excluding carboxylic acids is 2. The molecule has 0 aliphatic rings. The van der Waals surface area contributed by atoms with Gasteiger partial charge < -0.3 is 16.0 Å². The standard InChI is InChI=1S/C23H32N4O4S/c1-6-27(7-2)32(30,31)20-10-8-9-19(14-20)26-22(28)15-24-21-12-11-18(13-17(21)5)23(29)25-16(3)4/h8-14,16,24H,6-7,15H2,1-5H3,(H,25,29)(H,26,28). The Bertz CT molecular complexity index is 1060. The first-order chi connectivity index (χ1) is 15.1. The highest BCUT2D eigenvalue weighted by Gasteiger charge is 2.21. The van der Waals surface area contributed by atoms with Gasteiger partial charge in [-0.2, -0.15) is 4.31 Å². The van der Waals surface area contributed by atoms with Crippen LogP contribution < -0.4 is 16.0 Å². The van der Waals surface area contributed by atoms with Gasteiger partial charge in [0.15, 0.2) is 0 Å². The van der Waals surface area contributed by atoms with Gasteiger partial charge in [0.2, 0.25) is 15.9 Å². The van der Waals surface area contributed by atoms with E-state index >= 15 is 0 Å². The molecule has 0 saturated carbocycles. The summed E-state index contributed by atoms with van der Waals surface area (Å²) in [6.45, 7) is 9.95. The van der Waals surface area contributed by atoms with E-state index in [-0.39, 0.29) is 29.3 Å². The van der Waals surface area contributed by atoms with Crippen molar-refractivity contribution in [2.45, 2.75) is 45.6 Å². The lowest BCUT2D eigenvalue weighted by atomic mass is 10.1. The molecule has 0 heterocycles. The van der Waals surface area contributed by atoms with E-state index in [2.05, 4.69) is 16.0 Å². The lowest BCUT2D eigenvalue weighted by molar-refractivity contribution is -0.114. The monoisotopic (exact) mass is 460 g/mol. The Balaban J connectivity index is 2.03. The van der Waals surface area contributed by atoms with E-state index in [4.69, 9.17) is 0 Å². The van der Waals surface area contributed by atoms with Crippen LogP contribution in [-0.4, -0.2) is 50.2 Å². The van der Waals surface area contributed by atoms with Crippen LogP contribution in [0.1, 0.15) is 43.6 Å². The first-order valence-corrected chi connectivity index (χ1v) is 12.1. The second kappa shape index (κ2) is 11.1. The number of hydrogen-bond acceptors (Lipinski definition) is 5. The average molecular weight is 461 g/mol. The summed E-state index contributed by atoms with van der Waals surface area (Å²) in [6.07, 6.45) is 0. The maximum atomic E-state index is 12.7. The summed E-state index contributed by atoms with van der Waals surface area (Å²) in [5.41, 5.74) is 2.53. The van der Waals surface area contributed by atoms with Crippen molar-refractivity contribution in [3.05, 3.63) is 53.6 Å². The number of nitrogens with zero attached hydrogens (tertiary/aromatic N) is 1. The van der Waals surface area contributed by atoms with Crippen molar-refractivity contribution >= 4 is 33.2 Å². The molecule has 8 nitrogen and oxygen atoms in total. The molecule has 32 heavy (non-hydrogen) atoms. The van der Waals surface area contributed by atoms with Crippen LogP contribution in [0.2, 0.25) is 0 Å². The number of anilines is 2. The maximum Gasteiger partial charge on any atom is 0.251 e. The Morgan fingerprint density at radius 2 is 1.72 bits per heavy atom. The van der Waals surface area contributed by atoms with E-state index in [1.54, 1.807) is 44.2 Å². The summed E-state index contributed by atoms with van der Waals surface area (Å²) in [5, 5.41) is 8.62. The van der Waals surface area contributed by atoms with Gasteiger partial charge in [0.25, 0.3) is 5.91 Å². The van der Waals surface area contributed by atoms with E-state index in [1.807, 2.05) is 20.8 Å². The van der Waals surface area contributed by atoms with Crippen LogP contribution in [0.5, 0.6) is 0 Å². The maximum absolute atomic E-state index is 12.7. The highest BCUT2D eigenvalue weighted by molar-refractivity contribution is 7.89. The zero-order valence-electron chi connectivity index (χ0n) is 19.2. The SMILES string of the molecule is CCN(CC)S(=O)(=O)c1cccc(NC(=O)CNc2ccc(C(=O)NC(C)C)cc2C)c1. The smallest absolute Gasteiger partial charge is 0.251 e. The fraction of sp³-hybridized carbons (Fsp3) is 0.391. The molecular weight excluding hydrogens is 428 g/mol. The minimum atomic E-state index is -3.61. The number of hydrogen-bond donors (Lipinski definition) is 3. The van der Waals surface area contributed by atoms with Crippen molar-refractivity contribution < 1.29 is 18.0 Å². The summed E-state index contributed by atoms with van der Waals surface area (Å²) in [4.78, 5) is 24.7. The topological polar surface area (TPSA) is 108 Å². The van der Waals surface area contributed by atoms with Crippen LogP contribution in [0.4, 0.5) is 11.4 Å². The summed E-state index contributed by atoms with van der Waals surface area (Å²) in [5.74, 6) is -0.463. The third-order valence-corrected chi connectivity index (χ3v) is 6.85. The molecule has 2 aromatic carbocycles. The largest absolute Gasteiger partial charge is 0.376 e. The van der Waals surface area contributed by atoms with Crippen molar-refractivity contribution in [1.82, 2.24) is 9.62 Å². The van der Waals surface area contributed by atoms with Crippen LogP contribution in [0.3, 0.4) is 0 Å². The van der Waals surface area contributed by atoms with E-state index in [9.17, 15) is 18.0 Å². The number of aryl methyl sites for hydroxylation is 1. The molecule has 0 aliphatic carbocycles. The molecule has 9 heteroatoms. The van der Waals surface area contributed by atoms with Crippen molar-refractivity contribution in [3.8, 4) is 0 Å². The number of rotatable bonds is 10. The first kappa shape index (κ1) is 25.4. The highest BCUT2D eigenvalue weighted by Crippen LogP contribution is 2.20. The van der Waals surface area contributed by atoms with E-state index in [1.165, 1.54) is 16.4 Å². The van der Waals surface area contributed by atoms with Crippen LogP contribution in [0.25, 0.3) is 0 Å². The molecule has 2 rings (SSSR count). The van der Waals surface area contributed by atoms with Gasteiger partial charge in [0, 0.05) is 36.1 Å². The molecule has 174 valence electrons. The molecule has 0 aliphatic heterocycles. The van der Waals surface area contributed by atoms with Gasteiger partial charge >= 0.3 is 0 Å². The third-order valence-electron chi connectivity index (χ3n) is 4.81. The van der Waals surface area contributed by atoms with E-state index < -0.39 is 10.0 Å².